The zero-order chi connectivity index (χ0) is 11.5. The normalized spacial score (nSPS) is 13.9. The van der Waals surface area contributed by atoms with Crippen LogP contribution in [0.25, 0.3) is 0 Å². The van der Waals surface area contributed by atoms with Gasteiger partial charge in [-0.3, -0.25) is 9.78 Å². The van der Waals surface area contributed by atoms with E-state index in [0.717, 1.165) is 0 Å². The Bertz CT molecular complexity index is 430. The predicted octanol–water partition coefficient (Wildman–Crippen LogP) is 1.39. The Morgan fingerprint density at radius 1 is 1.73 bits per heavy atom. The summed E-state index contributed by atoms with van der Waals surface area (Å²) in [4.78, 5) is 18.3. The molecule has 0 aliphatic rings. The van der Waals surface area contributed by atoms with Gasteiger partial charge in [0.2, 0.25) is 0 Å². The quantitative estimate of drug-likeness (QED) is 0.840. The Morgan fingerprint density at radius 2 is 2.40 bits per heavy atom. The molecule has 1 N–H and O–H groups in total. The number of carbonyl (C=O) groups is 1. The highest BCUT2D eigenvalue weighted by Crippen LogP contribution is 2.25. The second kappa shape index (κ2) is 4.24. The maximum absolute atomic E-state index is 10.6. The number of hydrogen-bond acceptors (Lipinski definition) is 4. The maximum Gasteiger partial charge on any atom is 0.305 e. The van der Waals surface area contributed by atoms with E-state index < -0.39 is 11.4 Å². The molecule has 0 bridgehead atoms. The van der Waals surface area contributed by atoms with Gasteiger partial charge in [-0.25, -0.2) is 4.98 Å². The maximum atomic E-state index is 10.6. The summed E-state index contributed by atoms with van der Waals surface area (Å²) in [5, 5.41) is 17.8. The topological polar surface area (TPSA) is 86.9 Å². The van der Waals surface area contributed by atoms with Crippen molar-refractivity contribution in [3.05, 3.63) is 23.2 Å². The van der Waals surface area contributed by atoms with E-state index in [4.69, 9.17) is 22.0 Å². The number of carboxylic acids is 1. The Hall–Kier alpha value is -1.67. The Balaban J connectivity index is 3.12. The van der Waals surface area contributed by atoms with E-state index in [1.807, 2.05) is 6.07 Å². The molecule has 0 amide bonds. The van der Waals surface area contributed by atoms with Crippen molar-refractivity contribution < 1.29 is 9.90 Å². The fourth-order valence-corrected chi connectivity index (χ4v) is 1.25. The third kappa shape index (κ3) is 2.64. The van der Waals surface area contributed by atoms with Gasteiger partial charge in [-0.15, -0.1) is 0 Å². The summed E-state index contributed by atoms with van der Waals surface area (Å²) in [6.45, 7) is 1.49. The van der Waals surface area contributed by atoms with Crippen LogP contribution in [0.1, 0.15) is 19.0 Å². The number of rotatable bonds is 3. The molecule has 1 unspecified atom stereocenters. The van der Waals surface area contributed by atoms with Gasteiger partial charge < -0.3 is 5.11 Å². The minimum absolute atomic E-state index is 0.138. The molecule has 0 saturated heterocycles. The molecule has 6 heteroatoms. The molecule has 1 atom stereocenters. The van der Waals surface area contributed by atoms with Crippen molar-refractivity contribution in [1.29, 1.82) is 5.26 Å². The van der Waals surface area contributed by atoms with Crippen molar-refractivity contribution in [2.75, 3.05) is 0 Å². The molecule has 0 aliphatic heterocycles. The van der Waals surface area contributed by atoms with Crippen LogP contribution >= 0.6 is 11.6 Å². The van der Waals surface area contributed by atoms with Gasteiger partial charge in [0, 0.05) is 0 Å². The third-order valence-electron chi connectivity index (χ3n) is 1.92. The van der Waals surface area contributed by atoms with Crippen molar-refractivity contribution in [2.45, 2.75) is 18.8 Å². The van der Waals surface area contributed by atoms with Gasteiger partial charge in [0.1, 0.15) is 10.6 Å². The summed E-state index contributed by atoms with van der Waals surface area (Å²) in [7, 11) is 0. The highest BCUT2D eigenvalue weighted by Gasteiger charge is 2.31. The zero-order valence-corrected chi connectivity index (χ0v) is 8.69. The van der Waals surface area contributed by atoms with Crippen LogP contribution in [0.5, 0.6) is 0 Å². The molecule has 1 rings (SSSR count). The second-order valence-electron chi connectivity index (χ2n) is 3.24. The number of hydrogen-bond donors (Lipinski definition) is 1. The second-order valence-corrected chi connectivity index (χ2v) is 3.63. The molecule has 1 aromatic heterocycles. The summed E-state index contributed by atoms with van der Waals surface area (Å²) >= 11 is 5.61. The fourth-order valence-electron chi connectivity index (χ4n) is 1.10. The van der Waals surface area contributed by atoms with Crippen LogP contribution in [0.2, 0.25) is 5.15 Å². The van der Waals surface area contributed by atoms with E-state index in [2.05, 4.69) is 9.97 Å². The minimum atomic E-state index is -1.20. The summed E-state index contributed by atoms with van der Waals surface area (Å²) in [5.74, 6) is -1.07. The molecule has 1 heterocycles. The monoisotopic (exact) mass is 225 g/mol. The predicted molar refractivity (Wildman–Crippen MR) is 52.3 cm³/mol. The molecule has 0 aromatic carbocycles. The molecule has 0 aliphatic carbocycles. The standard InChI is InChI=1S/C9H8ClN3O2/c1-9(5-11,2-8(14)15)6-3-12-4-7(10)13-6/h3-4H,2H2,1H3,(H,14,15). The first kappa shape index (κ1) is 11.4. The highest BCUT2D eigenvalue weighted by atomic mass is 35.5. The van der Waals surface area contributed by atoms with E-state index >= 15 is 0 Å². The smallest absolute Gasteiger partial charge is 0.305 e. The van der Waals surface area contributed by atoms with Crippen LogP contribution in [0, 0.1) is 11.3 Å². The lowest BCUT2D eigenvalue weighted by Crippen LogP contribution is -2.25. The van der Waals surface area contributed by atoms with Gasteiger partial charge >= 0.3 is 5.97 Å². The average Bonchev–Trinajstić information content (AvgIpc) is 2.16. The van der Waals surface area contributed by atoms with Gasteiger partial charge in [-0.2, -0.15) is 5.26 Å². The van der Waals surface area contributed by atoms with E-state index in [0.29, 0.717) is 0 Å². The van der Waals surface area contributed by atoms with Crippen molar-refractivity contribution in [3.63, 3.8) is 0 Å². The Labute approximate surface area is 91.3 Å². The molecule has 0 spiro atoms. The molecule has 78 valence electrons. The zero-order valence-electron chi connectivity index (χ0n) is 7.94. The SMILES string of the molecule is CC(C#N)(CC(=O)O)c1cncc(Cl)n1. The van der Waals surface area contributed by atoms with E-state index in [9.17, 15) is 4.79 Å². The molecule has 1 aromatic rings. The van der Waals surface area contributed by atoms with Gasteiger partial charge in [0.15, 0.2) is 0 Å². The first-order chi connectivity index (χ1) is 6.98. The lowest BCUT2D eigenvalue weighted by Gasteiger charge is -2.17. The Kier molecular flexibility index (Phi) is 3.22. The van der Waals surface area contributed by atoms with Crippen molar-refractivity contribution in [1.82, 2.24) is 9.97 Å². The fraction of sp³-hybridized carbons (Fsp3) is 0.333. The number of carboxylic acid groups (broad SMARTS) is 1. The van der Waals surface area contributed by atoms with Crippen molar-refractivity contribution in [3.8, 4) is 6.07 Å². The lowest BCUT2D eigenvalue weighted by molar-refractivity contribution is -0.137. The lowest BCUT2D eigenvalue weighted by atomic mass is 9.85. The molecular formula is C9H8ClN3O2. The molecular weight excluding hydrogens is 218 g/mol. The molecule has 5 nitrogen and oxygen atoms in total. The number of aliphatic carboxylic acids is 1. The van der Waals surface area contributed by atoms with Crippen molar-refractivity contribution >= 4 is 17.6 Å². The Morgan fingerprint density at radius 3 is 2.87 bits per heavy atom. The number of nitriles is 1. The van der Waals surface area contributed by atoms with E-state index in [-0.39, 0.29) is 17.3 Å². The summed E-state index contributed by atoms with van der Waals surface area (Å²) in [6.07, 6.45) is 2.33. The van der Waals surface area contributed by atoms with Gasteiger partial charge in [0.05, 0.1) is 30.6 Å². The van der Waals surface area contributed by atoms with Crippen LogP contribution in [0.15, 0.2) is 12.4 Å². The molecule has 15 heavy (non-hydrogen) atoms. The summed E-state index contributed by atoms with van der Waals surface area (Å²) in [5.41, 5.74) is -0.941. The molecule has 0 fully saturated rings. The van der Waals surface area contributed by atoms with Crippen LogP contribution in [0.4, 0.5) is 0 Å². The van der Waals surface area contributed by atoms with Crippen LogP contribution in [-0.2, 0) is 10.2 Å². The number of nitrogens with zero attached hydrogens (tertiary/aromatic N) is 3. The van der Waals surface area contributed by atoms with Crippen LogP contribution in [-0.4, -0.2) is 21.0 Å². The first-order valence-electron chi connectivity index (χ1n) is 4.09. The summed E-state index contributed by atoms with van der Waals surface area (Å²) < 4.78 is 0. The van der Waals surface area contributed by atoms with Gasteiger partial charge in [-0.1, -0.05) is 11.6 Å². The average molecular weight is 226 g/mol. The van der Waals surface area contributed by atoms with Crippen LogP contribution in [0.3, 0.4) is 0 Å². The van der Waals surface area contributed by atoms with Gasteiger partial charge in [0.25, 0.3) is 0 Å². The third-order valence-corrected chi connectivity index (χ3v) is 2.10. The molecule has 0 saturated carbocycles. The highest BCUT2D eigenvalue weighted by molar-refractivity contribution is 6.29. The number of halogens is 1. The van der Waals surface area contributed by atoms with E-state index in [1.54, 1.807) is 0 Å². The van der Waals surface area contributed by atoms with Gasteiger partial charge in [-0.05, 0) is 6.92 Å². The largest absolute Gasteiger partial charge is 0.481 e. The van der Waals surface area contributed by atoms with E-state index in [1.165, 1.54) is 19.3 Å². The molecule has 0 radical (unpaired) electrons. The number of aromatic nitrogens is 2. The van der Waals surface area contributed by atoms with Crippen LogP contribution < -0.4 is 0 Å². The summed E-state index contributed by atoms with van der Waals surface area (Å²) in [6, 6.07) is 1.91. The minimum Gasteiger partial charge on any atom is -0.481 e. The first-order valence-corrected chi connectivity index (χ1v) is 4.47. The van der Waals surface area contributed by atoms with Crippen molar-refractivity contribution in [2.24, 2.45) is 0 Å².